The lowest BCUT2D eigenvalue weighted by Gasteiger charge is -2.11. The SMILES string of the molecule is CCC(C)=CC(C)(C)O.O=C(O)O. The number of hydrogen-bond donors (Lipinski definition) is 3. The summed E-state index contributed by atoms with van der Waals surface area (Å²) in [5, 5.41) is 23.2. The van der Waals surface area contributed by atoms with Gasteiger partial charge in [0.1, 0.15) is 0 Å². The maximum atomic E-state index is 9.24. The summed E-state index contributed by atoms with van der Waals surface area (Å²) >= 11 is 0. The predicted molar refractivity (Wildman–Crippen MR) is 51.0 cm³/mol. The molecule has 0 saturated heterocycles. The van der Waals surface area contributed by atoms with Crippen molar-refractivity contribution in [3.05, 3.63) is 11.6 Å². The minimum Gasteiger partial charge on any atom is -0.450 e. The van der Waals surface area contributed by atoms with Crippen molar-refractivity contribution in [1.29, 1.82) is 0 Å². The third-order valence-electron chi connectivity index (χ3n) is 1.16. The van der Waals surface area contributed by atoms with E-state index in [0.717, 1.165) is 6.42 Å². The molecule has 0 fully saturated rings. The molecule has 0 aliphatic carbocycles. The molecule has 0 aliphatic heterocycles. The van der Waals surface area contributed by atoms with Crippen LogP contribution in [0.4, 0.5) is 4.79 Å². The smallest absolute Gasteiger partial charge is 0.450 e. The molecule has 0 aromatic heterocycles. The van der Waals surface area contributed by atoms with Crippen LogP contribution in [0.2, 0.25) is 0 Å². The molecule has 0 heterocycles. The maximum Gasteiger partial charge on any atom is 0.503 e. The third kappa shape index (κ3) is 24.8. The first-order valence-electron chi connectivity index (χ1n) is 4.01. The molecule has 78 valence electrons. The molecule has 0 rings (SSSR count). The van der Waals surface area contributed by atoms with E-state index in [-0.39, 0.29) is 0 Å². The molecule has 0 bridgehead atoms. The number of aliphatic hydroxyl groups is 1. The van der Waals surface area contributed by atoms with Crippen molar-refractivity contribution >= 4 is 6.16 Å². The summed E-state index contributed by atoms with van der Waals surface area (Å²) in [5.41, 5.74) is 0.600. The average Bonchev–Trinajstić information content (AvgIpc) is 1.82. The molecule has 0 aromatic carbocycles. The predicted octanol–water partition coefficient (Wildman–Crippen LogP) is 2.34. The van der Waals surface area contributed by atoms with Gasteiger partial charge >= 0.3 is 6.16 Å². The third-order valence-corrected chi connectivity index (χ3v) is 1.16. The van der Waals surface area contributed by atoms with Crippen molar-refractivity contribution in [2.45, 2.75) is 39.7 Å². The summed E-state index contributed by atoms with van der Waals surface area (Å²) in [6, 6.07) is 0. The average molecular weight is 190 g/mol. The molecule has 0 radical (unpaired) electrons. The Morgan fingerprint density at radius 1 is 1.38 bits per heavy atom. The van der Waals surface area contributed by atoms with E-state index >= 15 is 0 Å². The van der Waals surface area contributed by atoms with E-state index in [2.05, 4.69) is 6.92 Å². The van der Waals surface area contributed by atoms with Gasteiger partial charge in [0.05, 0.1) is 5.60 Å². The van der Waals surface area contributed by atoms with Gasteiger partial charge < -0.3 is 15.3 Å². The van der Waals surface area contributed by atoms with Crippen LogP contribution in [-0.4, -0.2) is 27.1 Å². The molecule has 0 amide bonds. The number of carboxylic acid groups (broad SMARTS) is 2. The molecule has 4 heteroatoms. The van der Waals surface area contributed by atoms with Gasteiger partial charge in [0.25, 0.3) is 0 Å². The van der Waals surface area contributed by atoms with E-state index in [9.17, 15) is 5.11 Å². The fraction of sp³-hybridized carbons (Fsp3) is 0.667. The molecular weight excluding hydrogens is 172 g/mol. The Bertz CT molecular complexity index is 173. The molecule has 4 nitrogen and oxygen atoms in total. The molecule has 13 heavy (non-hydrogen) atoms. The van der Waals surface area contributed by atoms with Crippen LogP contribution in [0.25, 0.3) is 0 Å². The highest BCUT2D eigenvalue weighted by Gasteiger charge is 2.06. The van der Waals surface area contributed by atoms with Crippen LogP contribution in [-0.2, 0) is 0 Å². The molecule has 0 aliphatic rings. The number of allylic oxidation sites excluding steroid dienone is 1. The standard InChI is InChI=1S/C8H16O.CH2O3/c1-5-7(2)6-8(3,4)9;2-1(3)4/h6,9H,5H2,1-4H3;(H2,2,3,4). The van der Waals surface area contributed by atoms with Gasteiger partial charge in [-0.2, -0.15) is 0 Å². The van der Waals surface area contributed by atoms with Gasteiger partial charge in [-0.05, 0) is 27.2 Å². The van der Waals surface area contributed by atoms with Crippen LogP contribution in [0.15, 0.2) is 11.6 Å². The van der Waals surface area contributed by atoms with Crippen LogP contribution < -0.4 is 0 Å². The molecule has 0 atom stereocenters. The van der Waals surface area contributed by atoms with E-state index in [1.54, 1.807) is 13.8 Å². The Labute approximate surface area is 78.5 Å². The normalized spacial score (nSPS) is 11.6. The van der Waals surface area contributed by atoms with Gasteiger partial charge in [0.15, 0.2) is 0 Å². The lowest BCUT2D eigenvalue weighted by Crippen LogP contribution is -2.14. The highest BCUT2D eigenvalue weighted by atomic mass is 16.6. The van der Waals surface area contributed by atoms with Gasteiger partial charge in [-0.15, -0.1) is 0 Å². The molecule has 0 saturated carbocycles. The lowest BCUT2D eigenvalue weighted by atomic mass is 10.1. The van der Waals surface area contributed by atoms with Crippen LogP contribution >= 0.6 is 0 Å². The van der Waals surface area contributed by atoms with E-state index in [0.29, 0.717) is 0 Å². The van der Waals surface area contributed by atoms with Crippen molar-refractivity contribution in [2.24, 2.45) is 0 Å². The zero-order valence-corrected chi connectivity index (χ0v) is 8.53. The molecular formula is C9H18O4. The van der Waals surface area contributed by atoms with E-state index in [1.165, 1.54) is 5.57 Å². The molecule has 3 N–H and O–H groups in total. The first-order chi connectivity index (χ1) is 5.69. The minimum absolute atomic E-state index is 0.639. The van der Waals surface area contributed by atoms with Crippen molar-refractivity contribution < 1.29 is 20.1 Å². The van der Waals surface area contributed by atoms with E-state index in [1.807, 2.05) is 13.0 Å². The second-order valence-corrected chi connectivity index (χ2v) is 3.28. The van der Waals surface area contributed by atoms with Crippen LogP contribution in [0, 0.1) is 0 Å². The van der Waals surface area contributed by atoms with Gasteiger partial charge in [-0.1, -0.05) is 18.6 Å². The Hall–Kier alpha value is -1.03. The fourth-order valence-electron chi connectivity index (χ4n) is 0.705. The zero-order valence-electron chi connectivity index (χ0n) is 8.53. The van der Waals surface area contributed by atoms with Crippen molar-refractivity contribution in [3.63, 3.8) is 0 Å². The topological polar surface area (TPSA) is 77.8 Å². The van der Waals surface area contributed by atoms with Crippen molar-refractivity contribution in [2.75, 3.05) is 0 Å². The highest BCUT2D eigenvalue weighted by molar-refractivity contribution is 5.53. The first-order valence-corrected chi connectivity index (χ1v) is 4.01. The summed E-state index contributed by atoms with van der Waals surface area (Å²) in [5.74, 6) is 0. The zero-order chi connectivity index (χ0) is 11.1. The molecule has 0 spiro atoms. The molecule has 0 aromatic rings. The Kier molecular flexibility index (Phi) is 7.23. The quantitative estimate of drug-likeness (QED) is 0.584. The maximum absolute atomic E-state index is 9.24. The van der Waals surface area contributed by atoms with Gasteiger partial charge in [-0.3, -0.25) is 0 Å². The Morgan fingerprint density at radius 2 is 1.69 bits per heavy atom. The van der Waals surface area contributed by atoms with Crippen LogP contribution in [0.5, 0.6) is 0 Å². The minimum atomic E-state index is -1.83. The summed E-state index contributed by atoms with van der Waals surface area (Å²) < 4.78 is 0. The van der Waals surface area contributed by atoms with Gasteiger partial charge in [0.2, 0.25) is 0 Å². The summed E-state index contributed by atoms with van der Waals surface area (Å²) in [6.07, 6.45) is 1.07. The lowest BCUT2D eigenvalue weighted by molar-refractivity contribution is 0.132. The highest BCUT2D eigenvalue weighted by Crippen LogP contribution is 2.08. The number of rotatable bonds is 2. The molecule has 0 unspecified atom stereocenters. The van der Waals surface area contributed by atoms with Gasteiger partial charge in [-0.25, -0.2) is 4.79 Å². The fourth-order valence-corrected chi connectivity index (χ4v) is 0.705. The second kappa shape index (κ2) is 6.48. The second-order valence-electron chi connectivity index (χ2n) is 3.28. The first kappa shape index (κ1) is 14.5. The summed E-state index contributed by atoms with van der Waals surface area (Å²) in [7, 11) is 0. The number of hydrogen-bond acceptors (Lipinski definition) is 2. The monoisotopic (exact) mass is 190 g/mol. The van der Waals surface area contributed by atoms with E-state index in [4.69, 9.17) is 15.0 Å². The van der Waals surface area contributed by atoms with Gasteiger partial charge in [0, 0.05) is 0 Å². The number of carbonyl (C=O) groups is 1. The van der Waals surface area contributed by atoms with Crippen LogP contribution in [0.3, 0.4) is 0 Å². The largest absolute Gasteiger partial charge is 0.503 e. The van der Waals surface area contributed by atoms with Crippen molar-refractivity contribution in [3.8, 4) is 0 Å². The Morgan fingerprint density at radius 3 is 1.77 bits per heavy atom. The van der Waals surface area contributed by atoms with Crippen LogP contribution in [0.1, 0.15) is 34.1 Å². The van der Waals surface area contributed by atoms with E-state index < -0.39 is 11.8 Å². The van der Waals surface area contributed by atoms with Crippen molar-refractivity contribution in [1.82, 2.24) is 0 Å². The Balaban J connectivity index is 0. The summed E-state index contributed by atoms with van der Waals surface area (Å²) in [4.78, 5) is 8.56. The summed E-state index contributed by atoms with van der Waals surface area (Å²) in [6.45, 7) is 7.67.